The third kappa shape index (κ3) is 1.86. The Morgan fingerprint density at radius 1 is 1.29 bits per heavy atom. The number of carboxylic acids is 1. The molecule has 0 aromatic carbocycles. The van der Waals surface area contributed by atoms with Crippen molar-refractivity contribution in [3.05, 3.63) is 0 Å². The van der Waals surface area contributed by atoms with Gasteiger partial charge in [0.05, 0.1) is 0 Å². The van der Waals surface area contributed by atoms with Crippen LogP contribution in [0.1, 0.15) is 0 Å². The molecule has 0 saturated carbocycles. The van der Waals surface area contributed by atoms with Crippen LogP contribution in [-0.2, 0) is 14.3 Å². The molecule has 1 aliphatic rings. The van der Waals surface area contributed by atoms with E-state index in [4.69, 9.17) is 10.2 Å². The van der Waals surface area contributed by atoms with Crippen molar-refractivity contribution in [3.8, 4) is 0 Å². The highest BCUT2D eigenvalue weighted by atomic mass is 16.7. The summed E-state index contributed by atoms with van der Waals surface area (Å²) >= 11 is 0. The summed E-state index contributed by atoms with van der Waals surface area (Å²) < 4.78 is 9.14. The predicted octanol–water partition coefficient (Wildman–Crippen LogP) is -2.47. The lowest BCUT2D eigenvalue weighted by Crippen LogP contribution is -2.60. The minimum atomic E-state index is -1.68. The third-order valence-corrected chi connectivity index (χ3v) is 2.08. The number of aliphatic hydroxyl groups is 3. The maximum absolute atomic E-state index is 10.5. The Morgan fingerprint density at radius 2 is 1.86 bits per heavy atom. The second-order valence-electron chi connectivity index (χ2n) is 2.97. The normalized spacial score (nSPS) is 43.6. The van der Waals surface area contributed by atoms with E-state index in [-0.39, 0.29) is 0 Å². The van der Waals surface area contributed by atoms with Gasteiger partial charge in [-0.25, -0.2) is 4.79 Å². The van der Waals surface area contributed by atoms with Gasteiger partial charge in [-0.2, -0.15) is 0 Å². The van der Waals surface area contributed by atoms with E-state index in [0.29, 0.717) is 0 Å². The first-order valence-corrected chi connectivity index (χ1v) is 3.94. The van der Waals surface area contributed by atoms with Crippen LogP contribution in [-0.4, -0.2) is 64.2 Å². The van der Waals surface area contributed by atoms with Crippen molar-refractivity contribution in [3.63, 3.8) is 0 Å². The summed E-state index contributed by atoms with van der Waals surface area (Å²) in [5.74, 6) is -1.43. The largest absolute Gasteiger partial charge is 0.479 e. The Balaban J connectivity index is 2.80. The van der Waals surface area contributed by atoms with Gasteiger partial charge in [0.15, 0.2) is 12.4 Å². The number of carboxylic acid groups (broad SMARTS) is 1. The van der Waals surface area contributed by atoms with E-state index in [9.17, 15) is 15.0 Å². The smallest absolute Gasteiger partial charge is 0.335 e. The van der Waals surface area contributed by atoms with Crippen LogP contribution in [0.3, 0.4) is 0 Å². The van der Waals surface area contributed by atoms with Crippen LogP contribution in [0.4, 0.5) is 0 Å². The summed E-state index contributed by atoms with van der Waals surface area (Å²) in [6.45, 7) is 0. The molecule has 1 aliphatic heterocycles. The van der Waals surface area contributed by atoms with Crippen molar-refractivity contribution in [1.29, 1.82) is 0 Å². The highest BCUT2D eigenvalue weighted by Crippen LogP contribution is 2.21. The molecule has 0 amide bonds. The fourth-order valence-corrected chi connectivity index (χ4v) is 1.33. The van der Waals surface area contributed by atoms with Crippen molar-refractivity contribution in [1.82, 2.24) is 0 Å². The lowest BCUT2D eigenvalue weighted by Gasteiger charge is -2.38. The molecule has 7 nitrogen and oxygen atoms in total. The van der Waals surface area contributed by atoms with Gasteiger partial charge in [0.1, 0.15) is 18.3 Å². The standard InChI is InChI=1S/C7H12O7/c1-13-4-2(8)5(6(10)11)14-7(12)3(4)9/h2-5,7-9,12H,1H3,(H,10,11). The molecule has 1 fully saturated rings. The molecular formula is C7H12O7. The quantitative estimate of drug-likeness (QED) is 0.397. The topological polar surface area (TPSA) is 116 Å². The van der Waals surface area contributed by atoms with E-state index in [0.717, 1.165) is 0 Å². The number of hydrogen-bond donors (Lipinski definition) is 4. The molecule has 1 rings (SSSR count). The van der Waals surface area contributed by atoms with Crippen molar-refractivity contribution < 1.29 is 34.7 Å². The third-order valence-electron chi connectivity index (χ3n) is 2.08. The maximum atomic E-state index is 10.5. The summed E-state index contributed by atoms with van der Waals surface area (Å²) in [5, 5.41) is 36.3. The summed E-state index contributed by atoms with van der Waals surface area (Å²) in [6, 6.07) is 0. The number of aliphatic hydroxyl groups excluding tert-OH is 3. The molecular weight excluding hydrogens is 196 g/mol. The molecule has 0 aromatic heterocycles. The van der Waals surface area contributed by atoms with E-state index in [1.54, 1.807) is 0 Å². The summed E-state index contributed by atoms with van der Waals surface area (Å²) in [6.07, 6.45) is -7.44. The van der Waals surface area contributed by atoms with Crippen LogP contribution in [0.2, 0.25) is 0 Å². The van der Waals surface area contributed by atoms with E-state index in [2.05, 4.69) is 9.47 Å². The Labute approximate surface area is 79.5 Å². The van der Waals surface area contributed by atoms with Gasteiger partial charge in [-0.15, -0.1) is 0 Å². The fourth-order valence-electron chi connectivity index (χ4n) is 1.33. The van der Waals surface area contributed by atoms with Crippen LogP contribution < -0.4 is 0 Å². The number of methoxy groups -OCH3 is 1. The van der Waals surface area contributed by atoms with Crippen LogP contribution in [0.25, 0.3) is 0 Å². The molecule has 5 unspecified atom stereocenters. The van der Waals surface area contributed by atoms with Gasteiger partial charge in [0.25, 0.3) is 0 Å². The Morgan fingerprint density at radius 3 is 2.29 bits per heavy atom. The zero-order chi connectivity index (χ0) is 10.9. The minimum absolute atomic E-state index is 1.18. The number of aliphatic carboxylic acids is 1. The zero-order valence-electron chi connectivity index (χ0n) is 7.40. The van der Waals surface area contributed by atoms with Gasteiger partial charge in [-0.1, -0.05) is 0 Å². The molecule has 4 N–H and O–H groups in total. The number of ether oxygens (including phenoxy) is 2. The van der Waals surface area contributed by atoms with Gasteiger partial charge in [-0.3, -0.25) is 0 Å². The first kappa shape index (κ1) is 11.3. The number of carbonyl (C=O) groups is 1. The van der Waals surface area contributed by atoms with E-state index in [1.165, 1.54) is 7.11 Å². The number of hydrogen-bond acceptors (Lipinski definition) is 6. The molecule has 1 heterocycles. The highest BCUT2D eigenvalue weighted by molar-refractivity contribution is 5.73. The molecule has 7 heteroatoms. The Hall–Kier alpha value is -0.730. The van der Waals surface area contributed by atoms with E-state index in [1.807, 2.05) is 0 Å². The van der Waals surface area contributed by atoms with Crippen LogP contribution in [0.5, 0.6) is 0 Å². The average Bonchev–Trinajstić information content (AvgIpc) is 2.12. The fraction of sp³-hybridized carbons (Fsp3) is 0.857. The predicted molar refractivity (Wildman–Crippen MR) is 41.3 cm³/mol. The van der Waals surface area contributed by atoms with Gasteiger partial charge in [0, 0.05) is 7.11 Å². The Kier molecular flexibility index (Phi) is 3.40. The average molecular weight is 208 g/mol. The molecule has 82 valence electrons. The van der Waals surface area contributed by atoms with Gasteiger partial charge < -0.3 is 29.9 Å². The second-order valence-corrected chi connectivity index (χ2v) is 2.97. The van der Waals surface area contributed by atoms with Crippen molar-refractivity contribution >= 4 is 5.97 Å². The molecule has 1 saturated heterocycles. The molecule has 0 radical (unpaired) electrons. The van der Waals surface area contributed by atoms with Crippen LogP contribution in [0, 0.1) is 0 Å². The molecule has 0 aliphatic carbocycles. The van der Waals surface area contributed by atoms with Gasteiger partial charge >= 0.3 is 5.97 Å². The first-order chi connectivity index (χ1) is 6.49. The van der Waals surface area contributed by atoms with Crippen LogP contribution >= 0.6 is 0 Å². The van der Waals surface area contributed by atoms with E-state index >= 15 is 0 Å². The van der Waals surface area contributed by atoms with Crippen molar-refractivity contribution in [2.45, 2.75) is 30.7 Å². The monoisotopic (exact) mass is 208 g/mol. The molecule has 5 atom stereocenters. The molecule has 0 spiro atoms. The Bertz CT molecular complexity index is 218. The summed E-state index contributed by atoms with van der Waals surface area (Å²) in [5.41, 5.74) is 0. The van der Waals surface area contributed by atoms with Crippen molar-refractivity contribution in [2.75, 3.05) is 7.11 Å². The van der Waals surface area contributed by atoms with Gasteiger partial charge in [-0.05, 0) is 0 Å². The minimum Gasteiger partial charge on any atom is -0.479 e. The molecule has 0 aromatic rings. The lowest BCUT2D eigenvalue weighted by atomic mass is 9.99. The highest BCUT2D eigenvalue weighted by Gasteiger charge is 2.47. The maximum Gasteiger partial charge on any atom is 0.335 e. The molecule has 0 bridgehead atoms. The lowest BCUT2D eigenvalue weighted by molar-refractivity contribution is -0.283. The number of rotatable bonds is 2. The second kappa shape index (κ2) is 4.20. The molecule has 14 heavy (non-hydrogen) atoms. The first-order valence-electron chi connectivity index (χ1n) is 3.94. The summed E-state index contributed by atoms with van der Waals surface area (Å²) in [4.78, 5) is 10.5. The van der Waals surface area contributed by atoms with Gasteiger partial charge in [0.2, 0.25) is 0 Å². The van der Waals surface area contributed by atoms with Crippen LogP contribution in [0.15, 0.2) is 0 Å². The van der Waals surface area contributed by atoms with E-state index < -0.39 is 36.7 Å². The summed E-state index contributed by atoms with van der Waals surface area (Å²) in [7, 11) is 1.19. The zero-order valence-corrected chi connectivity index (χ0v) is 7.40. The SMILES string of the molecule is COC1C(O)C(O)OC(C(=O)O)C1O. The van der Waals surface area contributed by atoms with Crippen molar-refractivity contribution in [2.24, 2.45) is 0 Å².